The van der Waals surface area contributed by atoms with Crippen LogP contribution in [0.15, 0.2) is 24.3 Å². The Morgan fingerprint density at radius 1 is 1.25 bits per heavy atom. The van der Waals surface area contributed by atoms with E-state index in [-0.39, 0.29) is 0 Å². The topological polar surface area (TPSA) is 61.4 Å². The highest BCUT2D eigenvalue weighted by Gasteiger charge is 2.16. The fraction of sp³-hybridized carbons (Fsp3) is 0.571. The first kappa shape index (κ1) is 16.9. The van der Waals surface area contributed by atoms with Crippen LogP contribution in [-0.2, 0) is 10.2 Å². The molecule has 20 heavy (non-hydrogen) atoms. The Morgan fingerprint density at radius 3 is 2.65 bits per heavy atom. The normalized spacial score (nSPS) is 11.8. The summed E-state index contributed by atoms with van der Waals surface area (Å²) in [4.78, 5) is 0. The lowest BCUT2D eigenvalue weighted by atomic mass is 10.2. The first-order valence-electron chi connectivity index (χ1n) is 6.97. The summed E-state index contributed by atoms with van der Waals surface area (Å²) in [6.07, 6.45) is 1.88. The van der Waals surface area contributed by atoms with Crippen molar-refractivity contribution in [2.24, 2.45) is 0 Å². The van der Waals surface area contributed by atoms with E-state index in [1.165, 1.54) is 4.31 Å². The molecule has 0 radical (unpaired) electrons. The predicted molar refractivity (Wildman–Crippen MR) is 84.1 cm³/mol. The number of nitrogens with one attached hydrogen (secondary N) is 2. The van der Waals surface area contributed by atoms with Gasteiger partial charge in [-0.05, 0) is 50.6 Å². The van der Waals surface area contributed by atoms with E-state index in [1.807, 2.05) is 25.1 Å². The second kappa shape index (κ2) is 8.24. The highest BCUT2D eigenvalue weighted by atomic mass is 32.2. The molecule has 1 rings (SSSR count). The van der Waals surface area contributed by atoms with Crippen molar-refractivity contribution < 1.29 is 8.42 Å². The smallest absolute Gasteiger partial charge is 0.301 e. The minimum Gasteiger partial charge on any atom is -0.317 e. The number of hydrogen-bond acceptors (Lipinski definition) is 3. The van der Waals surface area contributed by atoms with Crippen molar-refractivity contribution in [3.05, 3.63) is 29.8 Å². The van der Waals surface area contributed by atoms with Crippen molar-refractivity contribution in [2.45, 2.75) is 26.7 Å². The highest BCUT2D eigenvalue weighted by molar-refractivity contribution is 7.90. The van der Waals surface area contributed by atoms with Crippen LogP contribution in [0.4, 0.5) is 5.69 Å². The molecule has 0 saturated heterocycles. The van der Waals surface area contributed by atoms with E-state index in [1.54, 1.807) is 13.1 Å². The Morgan fingerprint density at radius 2 is 2.00 bits per heavy atom. The van der Waals surface area contributed by atoms with Crippen molar-refractivity contribution in [1.82, 2.24) is 9.62 Å². The summed E-state index contributed by atoms with van der Waals surface area (Å²) >= 11 is 0. The molecule has 0 aromatic heterocycles. The Labute approximate surface area is 122 Å². The molecule has 0 aliphatic carbocycles. The van der Waals surface area contributed by atoms with Crippen molar-refractivity contribution >= 4 is 15.9 Å². The molecule has 0 unspecified atom stereocenters. The van der Waals surface area contributed by atoms with Gasteiger partial charge in [-0.3, -0.25) is 4.72 Å². The van der Waals surface area contributed by atoms with Crippen LogP contribution < -0.4 is 10.0 Å². The van der Waals surface area contributed by atoms with Gasteiger partial charge in [0, 0.05) is 13.6 Å². The van der Waals surface area contributed by atoms with Crippen LogP contribution in [0.25, 0.3) is 0 Å². The van der Waals surface area contributed by atoms with Gasteiger partial charge in [-0.15, -0.1) is 0 Å². The van der Waals surface area contributed by atoms with E-state index in [4.69, 9.17) is 0 Å². The van der Waals surface area contributed by atoms with Crippen molar-refractivity contribution in [2.75, 3.05) is 31.4 Å². The minimum absolute atomic E-state index is 0.498. The zero-order chi connectivity index (χ0) is 15.0. The maximum Gasteiger partial charge on any atom is 0.301 e. The van der Waals surface area contributed by atoms with E-state index >= 15 is 0 Å². The van der Waals surface area contributed by atoms with Crippen LogP contribution >= 0.6 is 0 Å². The molecule has 0 atom stereocenters. The van der Waals surface area contributed by atoms with Gasteiger partial charge in [-0.1, -0.05) is 19.1 Å². The van der Waals surface area contributed by atoms with Crippen LogP contribution in [0.5, 0.6) is 0 Å². The first-order chi connectivity index (χ1) is 9.45. The van der Waals surface area contributed by atoms with E-state index in [9.17, 15) is 8.42 Å². The van der Waals surface area contributed by atoms with E-state index < -0.39 is 10.2 Å². The third-order valence-corrected chi connectivity index (χ3v) is 4.43. The fourth-order valence-electron chi connectivity index (χ4n) is 1.78. The number of nitrogens with zero attached hydrogens (tertiary/aromatic N) is 1. The molecule has 114 valence electrons. The van der Waals surface area contributed by atoms with Crippen molar-refractivity contribution in [1.29, 1.82) is 0 Å². The molecule has 1 aromatic carbocycles. The Balaban J connectivity index is 2.47. The minimum atomic E-state index is -3.47. The third kappa shape index (κ3) is 5.90. The monoisotopic (exact) mass is 299 g/mol. The molecular weight excluding hydrogens is 274 g/mol. The van der Waals surface area contributed by atoms with E-state index in [0.29, 0.717) is 12.2 Å². The molecule has 0 saturated carbocycles. The summed E-state index contributed by atoms with van der Waals surface area (Å²) in [5, 5.41) is 3.26. The SMILES string of the molecule is CCCNCCCN(C)S(=O)(=O)Nc1cccc(C)c1. The number of anilines is 1. The Bertz CT molecular complexity index is 503. The van der Waals surface area contributed by atoms with Gasteiger partial charge in [0.2, 0.25) is 0 Å². The van der Waals surface area contributed by atoms with Gasteiger partial charge in [0.15, 0.2) is 0 Å². The molecule has 1 aromatic rings. The molecule has 5 nitrogen and oxygen atoms in total. The van der Waals surface area contributed by atoms with Crippen LogP contribution in [0.2, 0.25) is 0 Å². The molecule has 2 N–H and O–H groups in total. The number of benzene rings is 1. The second-order valence-electron chi connectivity index (χ2n) is 4.90. The summed E-state index contributed by atoms with van der Waals surface area (Å²) in [5.74, 6) is 0. The summed E-state index contributed by atoms with van der Waals surface area (Å²) < 4.78 is 28.2. The second-order valence-corrected chi connectivity index (χ2v) is 6.68. The van der Waals surface area contributed by atoms with Gasteiger partial charge in [-0.25, -0.2) is 0 Å². The van der Waals surface area contributed by atoms with Gasteiger partial charge in [0.05, 0.1) is 5.69 Å². The molecule has 0 spiro atoms. The number of rotatable bonds is 9. The maximum atomic E-state index is 12.1. The Hall–Kier alpha value is -1.11. The largest absolute Gasteiger partial charge is 0.317 e. The lowest BCUT2D eigenvalue weighted by Gasteiger charge is -2.18. The predicted octanol–water partition coefficient (Wildman–Crippen LogP) is 1.97. The standard InChI is InChI=1S/C14H25N3O2S/c1-4-9-15-10-6-11-17(3)20(18,19)16-14-8-5-7-13(2)12-14/h5,7-8,12,15-16H,4,6,9-11H2,1-3H3. The van der Waals surface area contributed by atoms with Gasteiger partial charge in [0.1, 0.15) is 0 Å². The van der Waals surface area contributed by atoms with Crippen molar-refractivity contribution in [3.8, 4) is 0 Å². The van der Waals surface area contributed by atoms with Crippen LogP contribution in [0, 0.1) is 6.92 Å². The highest BCUT2D eigenvalue weighted by Crippen LogP contribution is 2.12. The van der Waals surface area contributed by atoms with E-state index in [2.05, 4.69) is 17.0 Å². The number of aryl methyl sites for hydroxylation is 1. The summed E-state index contributed by atoms with van der Waals surface area (Å²) in [7, 11) is -1.87. The molecule has 0 heterocycles. The van der Waals surface area contributed by atoms with Crippen LogP contribution in [0.1, 0.15) is 25.3 Å². The van der Waals surface area contributed by atoms with Crippen molar-refractivity contribution in [3.63, 3.8) is 0 Å². The molecular formula is C14H25N3O2S. The summed E-state index contributed by atoms with van der Waals surface area (Å²) in [5.41, 5.74) is 1.62. The Kier molecular flexibility index (Phi) is 6.98. The molecule has 0 aliphatic heterocycles. The van der Waals surface area contributed by atoms with Crippen LogP contribution in [-0.4, -0.2) is 39.4 Å². The zero-order valence-electron chi connectivity index (χ0n) is 12.5. The van der Waals surface area contributed by atoms with Gasteiger partial charge < -0.3 is 5.32 Å². The van der Waals surface area contributed by atoms with E-state index in [0.717, 1.165) is 31.5 Å². The molecule has 0 amide bonds. The van der Waals surface area contributed by atoms with Gasteiger partial charge >= 0.3 is 10.2 Å². The lowest BCUT2D eigenvalue weighted by molar-refractivity contribution is 0.458. The zero-order valence-corrected chi connectivity index (χ0v) is 13.3. The summed E-state index contributed by atoms with van der Waals surface area (Å²) in [6, 6.07) is 7.33. The van der Waals surface area contributed by atoms with Crippen LogP contribution in [0.3, 0.4) is 0 Å². The molecule has 0 aliphatic rings. The fourth-order valence-corrected chi connectivity index (χ4v) is 2.73. The molecule has 0 fully saturated rings. The first-order valence-corrected chi connectivity index (χ1v) is 8.41. The summed E-state index contributed by atoms with van der Waals surface area (Å²) in [6.45, 7) is 6.34. The quantitative estimate of drug-likeness (QED) is 0.685. The maximum absolute atomic E-state index is 12.1. The molecule has 0 bridgehead atoms. The third-order valence-electron chi connectivity index (χ3n) is 2.93. The van der Waals surface area contributed by atoms with Gasteiger partial charge in [0.25, 0.3) is 0 Å². The molecule has 6 heteroatoms. The van der Waals surface area contributed by atoms with Gasteiger partial charge in [-0.2, -0.15) is 12.7 Å². The average Bonchev–Trinajstić information content (AvgIpc) is 2.37. The number of hydrogen-bond donors (Lipinski definition) is 2. The average molecular weight is 299 g/mol. The lowest BCUT2D eigenvalue weighted by Crippen LogP contribution is -2.34.